The molecule has 1 saturated heterocycles. The molecule has 140 valence electrons. The molecule has 1 atom stereocenters. The zero-order valence-corrected chi connectivity index (χ0v) is 14.8. The van der Waals surface area contributed by atoms with Gasteiger partial charge >= 0.3 is 12.2 Å². The third-order valence-corrected chi connectivity index (χ3v) is 5.63. The van der Waals surface area contributed by atoms with Crippen molar-refractivity contribution in [2.45, 2.75) is 43.8 Å². The molecule has 2 rings (SSSR count). The number of carbonyl (C=O) groups excluding carboxylic acids is 1. The lowest BCUT2D eigenvalue weighted by molar-refractivity contribution is -0.189. The fourth-order valence-electron chi connectivity index (χ4n) is 3.19. The molecule has 2 amide bonds. The van der Waals surface area contributed by atoms with Crippen molar-refractivity contribution in [1.29, 1.82) is 0 Å². The summed E-state index contributed by atoms with van der Waals surface area (Å²) in [6.45, 7) is 4.23. The van der Waals surface area contributed by atoms with E-state index in [9.17, 15) is 26.4 Å². The highest BCUT2D eigenvalue weighted by Crippen LogP contribution is 2.44. The predicted molar refractivity (Wildman–Crippen MR) is 86.5 cm³/mol. The minimum atomic E-state index is -4.40. The Hall–Kier alpha value is -1.81. The Balaban J connectivity index is 2.24. The Kier molecular flexibility index (Phi) is 4.81. The van der Waals surface area contributed by atoms with Gasteiger partial charge in [-0.25, -0.2) is 18.4 Å². The number of rotatable bonds is 2. The second-order valence-corrected chi connectivity index (χ2v) is 8.17. The molecule has 1 aliphatic rings. The standard InChI is InChI=1S/C15H20F3N3O3S/c1-9-4-5-10(8-11(9)25(19,23)24)20-13(22)21-7-6-12(14(21,2)3)15(16,17)18/h4-5,8,12H,6-7H2,1-3H3,(H,20,22)(H2,19,23,24). The van der Waals surface area contributed by atoms with Crippen LogP contribution in [0.2, 0.25) is 0 Å². The summed E-state index contributed by atoms with van der Waals surface area (Å²) >= 11 is 0. The van der Waals surface area contributed by atoms with Crippen molar-refractivity contribution in [3.8, 4) is 0 Å². The maximum Gasteiger partial charge on any atom is 0.394 e. The topological polar surface area (TPSA) is 92.5 Å². The number of urea groups is 1. The number of likely N-dealkylation sites (tertiary alicyclic amines) is 1. The Morgan fingerprint density at radius 1 is 1.36 bits per heavy atom. The average molecular weight is 379 g/mol. The van der Waals surface area contributed by atoms with Crippen molar-refractivity contribution in [1.82, 2.24) is 4.90 Å². The van der Waals surface area contributed by atoms with Gasteiger partial charge < -0.3 is 10.2 Å². The minimum Gasteiger partial charge on any atom is -0.319 e. The molecule has 0 aliphatic carbocycles. The van der Waals surface area contributed by atoms with Crippen molar-refractivity contribution in [2.24, 2.45) is 11.1 Å². The van der Waals surface area contributed by atoms with Crippen LogP contribution in [-0.2, 0) is 10.0 Å². The number of nitrogens with zero attached hydrogens (tertiary/aromatic N) is 1. The van der Waals surface area contributed by atoms with E-state index in [0.29, 0.717) is 5.56 Å². The normalized spacial score (nSPS) is 20.6. The molecule has 1 aromatic carbocycles. The van der Waals surface area contributed by atoms with Gasteiger partial charge in [-0.1, -0.05) is 6.07 Å². The molecule has 3 N–H and O–H groups in total. The summed E-state index contributed by atoms with van der Waals surface area (Å²) in [4.78, 5) is 13.4. The van der Waals surface area contributed by atoms with Gasteiger partial charge in [-0.3, -0.25) is 0 Å². The number of nitrogens with two attached hydrogens (primary N) is 1. The number of aryl methyl sites for hydroxylation is 1. The summed E-state index contributed by atoms with van der Waals surface area (Å²) in [5.41, 5.74) is -0.861. The van der Waals surface area contributed by atoms with E-state index < -0.39 is 33.7 Å². The number of sulfonamides is 1. The molecule has 0 aromatic heterocycles. The van der Waals surface area contributed by atoms with Gasteiger partial charge in [-0.05, 0) is 44.9 Å². The number of anilines is 1. The molecule has 1 fully saturated rings. The molecule has 25 heavy (non-hydrogen) atoms. The Bertz CT molecular complexity index is 791. The summed E-state index contributed by atoms with van der Waals surface area (Å²) in [7, 11) is -3.98. The highest BCUT2D eigenvalue weighted by molar-refractivity contribution is 7.89. The molecular formula is C15H20F3N3O3S. The number of halogens is 3. The van der Waals surface area contributed by atoms with Gasteiger partial charge in [-0.2, -0.15) is 13.2 Å². The van der Waals surface area contributed by atoms with Crippen molar-refractivity contribution in [2.75, 3.05) is 11.9 Å². The molecule has 1 aliphatic heterocycles. The second-order valence-electron chi connectivity index (χ2n) is 6.64. The smallest absolute Gasteiger partial charge is 0.319 e. The Morgan fingerprint density at radius 2 is 1.96 bits per heavy atom. The molecule has 6 nitrogen and oxygen atoms in total. The molecule has 1 aromatic rings. The van der Waals surface area contributed by atoms with Crippen LogP contribution in [0.15, 0.2) is 23.1 Å². The van der Waals surface area contributed by atoms with E-state index in [0.717, 1.165) is 4.90 Å². The van der Waals surface area contributed by atoms with Crippen LogP contribution in [0.1, 0.15) is 25.8 Å². The third kappa shape index (κ3) is 3.90. The van der Waals surface area contributed by atoms with Crippen LogP contribution in [0, 0.1) is 12.8 Å². The molecule has 0 bridgehead atoms. The van der Waals surface area contributed by atoms with Crippen LogP contribution >= 0.6 is 0 Å². The summed E-state index contributed by atoms with van der Waals surface area (Å²) in [6, 6.07) is 3.39. The fourth-order valence-corrected chi connectivity index (χ4v) is 4.00. The van der Waals surface area contributed by atoms with E-state index in [1.54, 1.807) is 6.92 Å². The number of nitrogens with one attached hydrogen (secondary N) is 1. The quantitative estimate of drug-likeness (QED) is 0.828. The van der Waals surface area contributed by atoms with Gasteiger partial charge in [0.15, 0.2) is 0 Å². The van der Waals surface area contributed by atoms with Gasteiger partial charge in [0.05, 0.1) is 16.4 Å². The molecule has 0 saturated carbocycles. The van der Waals surface area contributed by atoms with Crippen molar-refractivity contribution < 1.29 is 26.4 Å². The van der Waals surface area contributed by atoms with Crippen LogP contribution in [-0.4, -0.2) is 37.6 Å². The monoisotopic (exact) mass is 379 g/mol. The number of amides is 2. The third-order valence-electron chi connectivity index (χ3n) is 4.58. The largest absolute Gasteiger partial charge is 0.394 e. The van der Waals surface area contributed by atoms with E-state index >= 15 is 0 Å². The lowest BCUT2D eigenvalue weighted by Gasteiger charge is -2.36. The number of hydrogen-bond acceptors (Lipinski definition) is 3. The number of alkyl halides is 3. The lowest BCUT2D eigenvalue weighted by Crippen LogP contribution is -2.51. The maximum atomic E-state index is 13.1. The zero-order valence-electron chi connectivity index (χ0n) is 14.0. The summed E-state index contributed by atoms with van der Waals surface area (Å²) in [6.07, 6.45) is -4.58. The maximum absolute atomic E-state index is 13.1. The van der Waals surface area contributed by atoms with E-state index in [1.165, 1.54) is 32.0 Å². The number of primary sulfonamides is 1. The van der Waals surface area contributed by atoms with E-state index in [4.69, 9.17) is 5.14 Å². The van der Waals surface area contributed by atoms with Gasteiger partial charge in [-0.15, -0.1) is 0 Å². The van der Waals surface area contributed by atoms with E-state index in [2.05, 4.69) is 5.32 Å². The zero-order chi connectivity index (χ0) is 19.2. The van der Waals surface area contributed by atoms with Crippen LogP contribution < -0.4 is 10.5 Å². The van der Waals surface area contributed by atoms with Crippen molar-refractivity contribution in [3.63, 3.8) is 0 Å². The summed E-state index contributed by atoms with van der Waals surface area (Å²) in [5.74, 6) is -1.62. The first-order valence-electron chi connectivity index (χ1n) is 7.53. The number of carbonyl (C=O) groups is 1. The molecule has 10 heteroatoms. The van der Waals surface area contributed by atoms with Crippen LogP contribution in [0.5, 0.6) is 0 Å². The first kappa shape index (κ1) is 19.5. The van der Waals surface area contributed by atoms with Crippen molar-refractivity contribution in [3.05, 3.63) is 23.8 Å². The Morgan fingerprint density at radius 3 is 2.44 bits per heavy atom. The van der Waals surface area contributed by atoms with Gasteiger partial charge in [0.25, 0.3) is 0 Å². The van der Waals surface area contributed by atoms with E-state index in [-0.39, 0.29) is 23.5 Å². The van der Waals surface area contributed by atoms with E-state index in [1.807, 2.05) is 0 Å². The average Bonchev–Trinajstić information content (AvgIpc) is 2.74. The van der Waals surface area contributed by atoms with Crippen LogP contribution in [0.25, 0.3) is 0 Å². The SMILES string of the molecule is Cc1ccc(NC(=O)N2CCC(C(F)(F)F)C2(C)C)cc1S(N)(=O)=O. The van der Waals surface area contributed by atoms with Gasteiger partial charge in [0.1, 0.15) is 0 Å². The predicted octanol–water partition coefficient (Wildman–Crippen LogP) is 2.84. The molecule has 0 spiro atoms. The molecular weight excluding hydrogens is 359 g/mol. The molecule has 1 unspecified atom stereocenters. The van der Waals surface area contributed by atoms with Gasteiger partial charge in [0.2, 0.25) is 10.0 Å². The fraction of sp³-hybridized carbons (Fsp3) is 0.533. The highest BCUT2D eigenvalue weighted by atomic mass is 32.2. The minimum absolute atomic E-state index is 0.0447. The summed E-state index contributed by atoms with van der Waals surface area (Å²) in [5, 5.41) is 7.56. The van der Waals surface area contributed by atoms with Crippen LogP contribution in [0.3, 0.4) is 0 Å². The first-order chi connectivity index (χ1) is 11.2. The number of hydrogen-bond donors (Lipinski definition) is 2. The van der Waals surface area contributed by atoms with Gasteiger partial charge in [0, 0.05) is 12.2 Å². The van der Waals surface area contributed by atoms with Crippen molar-refractivity contribution >= 4 is 21.7 Å². The Labute approximate surface area is 144 Å². The molecule has 0 radical (unpaired) electrons. The van der Waals surface area contributed by atoms with Crippen LogP contribution in [0.4, 0.5) is 23.7 Å². The first-order valence-corrected chi connectivity index (χ1v) is 9.08. The summed E-state index contributed by atoms with van der Waals surface area (Å²) < 4.78 is 62.4. The second kappa shape index (κ2) is 6.17. The molecule has 1 heterocycles. The lowest BCUT2D eigenvalue weighted by atomic mass is 9.88. The highest BCUT2D eigenvalue weighted by Gasteiger charge is 2.56. The number of benzene rings is 1.